The molecule has 160 valence electrons. The van der Waals surface area contributed by atoms with Crippen molar-refractivity contribution in [3.63, 3.8) is 0 Å². The number of ether oxygens (including phenoxy) is 4. The number of hydrogen-bond acceptors (Lipinski definition) is 8. The van der Waals surface area contributed by atoms with Gasteiger partial charge in [0.2, 0.25) is 0 Å². The minimum Gasteiger partial charge on any atom is -0.463 e. The average Bonchev–Trinajstić information content (AvgIpc) is 2.61. The van der Waals surface area contributed by atoms with E-state index in [1.165, 1.54) is 32.5 Å². The van der Waals surface area contributed by atoms with Crippen LogP contribution in [0.25, 0.3) is 0 Å². The first-order valence-corrected chi connectivity index (χ1v) is 10.9. The Morgan fingerprint density at radius 2 is 1.72 bits per heavy atom. The van der Waals surface area contributed by atoms with Gasteiger partial charge in [0.15, 0.2) is 0 Å². The maximum atomic E-state index is 11.7. The van der Waals surface area contributed by atoms with Gasteiger partial charge in [-0.15, -0.1) is 0 Å². The molecule has 1 aliphatic heterocycles. The fourth-order valence-corrected chi connectivity index (χ4v) is 4.83. The summed E-state index contributed by atoms with van der Waals surface area (Å²) in [6.45, 7) is 5.58. The maximum Gasteiger partial charge on any atom is 0.303 e. The quantitative estimate of drug-likeness (QED) is 0.420. The molecule has 3 unspecified atom stereocenters. The predicted octanol–water partition coefficient (Wildman–Crippen LogP) is 3.98. The van der Waals surface area contributed by atoms with E-state index in [1.54, 1.807) is 13.0 Å². The Morgan fingerprint density at radius 1 is 1.10 bits per heavy atom. The first-order valence-electron chi connectivity index (χ1n) is 8.83. The van der Waals surface area contributed by atoms with Crippen molar-refractivity contribution in [3.8, 4) is 0 Å². The van der Waals surface area contributed by atoms with Crippen molar-refractivity contribution in [2.45, 2.75) is 56.3 Å². The van der Waals surface area contributed by atoms with Crippen molar-refractivity contribution < 1.29 is 33.3 Å². The molecule has 0 amide bonds. The molecule has 5 atom stereocenters. The smallest absolute Gasteiger partial charge is 0.303 e. The maximum absolute atomic E-state index is 11.7. The second kappa shape index (κ2) is 10.7. The first-order chi connectivity index (χ1) is 13.6. The molecular weight excluding hydrogens is 488 g/mol. The van der Waals surface area contributed by atoms with Crippen LogP contribution in [0.1, 0.15) is 27.7 Å². The zero-order valence-electron chi connectivity index (χ0n) is 16.3. The van der Waals surface area contributed by atoms with Gasteiger partial charge in [-0.2, -0.15) is 0 Å². The molecular formula is C19H22BrClO7S. The van der Waals surface area contributed by atoms with Crippen molar-refractivity contribution in [1.82, 2.24) is 0 Å². The van der Waals surface area contributed by atoms with Crippen molar-refractivity contribution >= 4 is 57.2 Å². The van der Waals surface area contributed by atoms with E-state index in [0.29, 0.717) is 9.50 Å². The van der Waals surface area contributed by atoms with Crippen LogP contribution in [0.3, 0.4) is 0 Å². The molecule has 1 aromatic rings. The van der Waals surface area contributed by atoms with Gasteiger partial charge in [0.1, 0.15) is 30.4 Å². The highest BCUT2D eigenvalue weighted by Crippen LogP contribution is 2.40. The normalized spacial score (nSPS) is 26.5. The van der Waals surface area contributed by atoms with E-state index in [2.05, 4.69) is 15.9 Å². The summed E-state index contributed by atoms with van der Waals surface area (Å²) in [6, 6.07) is 5.38. The summed E-state index contributed by atoms with van der Waals surface area (Å²) < 4.78 is 22.8. The van der Waals surface area contributed by atoms with Crippen LogP contribution >= 0.6 is 39.3 Å². The molecule has 1 aliphatic rings. The molecule has 0 N–H and O–H groups in total. The summed E-state index contributed by atoms with van der Waals surface area (Å²) in [4.78, 5) is 35.4. The van der Waals surface area contributed by atoms with Gasteiger partial charge in [-0.05, 0) is 34.1 Å². The Bertz CT molecular complexity index is 773. The van der Waals surface area contributed by atoms with Gasteiger partial charge in [-0.3, -0.25) is 14.4 Å². The van der Waals surface area contributed by atoms with E-state index in [0.717, 1.165) is 4.90 Å². The molecule has 0 radical (unpaired) electrons. The standard InChI is InChI=1S/C19H22BrClO7S/c1-9-17(26-11(3)23)16(8-25-10(2)22)28-19(18(9)27-12(4)24)29-13-5-6-15(21)14(20)7-13/h5-7,9,16-19H,8H2,1-4H3/t9?,16?,17-,18?,19-/m1/s1. The molecule has 1 saturated heterocycles. The third-order valence-corrected chi connectivity index (χ3v) is 6.53. The summed E-state index contributed by atoms with van der Waals surface area (Å²) in [7, 11) is 0. The van der Waals surface area contributed by atoms with E-state index in [9.17, 15) is 14.4 Å². The number of esters is 3. The average molecular weight is 510 g/mol. The Kier molecular flexibility index (Phi) is 8.81. The van der Waals surface area contributed by atoms with Crippen LogP contribution in [0.2, 0.25) is 5.02 Å². The molecule has 0 aromatic heterocycles. The van der Waals surface area contributed by atoms with Gasteiger partial charge in [0, 0.05) is 36.1 Å². The van der Waals surface area contributed by atoms with E-state index in [1.807, 2.05) is 12.1 Å². The summed E-state index contributed by atoms with van der Waals surface area (Å²) >= 11 is 10.8. The second-order valence-electron chi connectivity index (χ2n) is 6.55. The third kappa shape index (κ3) is 6.87. The molecule has 7 nitrogen and oxygen atoms in total. The first kappa shape index (κ1) is 24.0. The van der Waals surface area contributed by atoms with Gasteiger partial charge < -0.3 is 18.9 Å². The highest BCUT2D eigenvalue weighted by Gasteiger charge is 2.48. The van der Waals surface area contributed by atoms with Crippen LogP contribution in [0.5, 0.6) is 0 Å². The summed E-state index contributed by atoms with van der Waals surface area (Å²) in [6.07, 6.45) is -2.15. The van der Waals surface area contributed by atoms with Gasteiger partial charge >= 0.3 is 17.9 Å². The van der Waals surface area contributed by atoms with E-state index in [-0.39, 0.29) is 6.61 Å². The lowest BCUT2D eigenvalue weighted by Gasteiger charge is -2.43. The number of benzene rings is 1. The number of hydrogen-bond donors (Lipinski definition) is 0. The molecule has 0 saturated carbocycles. The van der Waals surface area contributed by atoms with Crippen LogP contribution in [-0.4, -0.2) is 48.3 Å². The number of thioether (sulfide) groups is 1. The van der Waals surface area contributed by atoms with Gasteiger partial charge in [-0.25, -0.2) is 0 Å². The summed E-state index contributed by atoms with van der Waals surface area (Å²) in [5, 5.41) is 0.562. The zero-order chi connectivity index (χ0) is 21.7. The third-order valence-electron chi connectivity index (χ3n) is 4.18. The van der Waals surface area contributed by atoms with Crippen LogP contribution in [-0.2, 0) is 33.3 Å². The van der Waals surface area contributed by atoms with Gasteiger partial charge in [-0.1, -0.05) is 30.3 Å². The lowest BCUT2D eigenvalue weighted by molar-refractivity contribution is -0.212. The van der Waals surface area contributed by atoms with Crippen LogP contribution < -0.4 is 0 Å². The summed E-state index contributed by atoms with van der Waals surface area (Å²) in [5.41, 5.74) is -0.616. The number of halogens is 2. The van der Waals surface area contributed by atoms with Crippen LogP contribution in [0, 0.1) is 5.92 Å². The van der Waals surface area contributed by atoms with Crippen molar-refractivity contribution in [2.75, 3.05) is 6.61 Å². The lowest BCUT2D eigenvalue weighted by Crippen LogP contribution is -2.56. The number of carbonyl (C=O) groups excluding carboxylic acids is 3. The minimum absolute atomic E-state index is 0.0915. The molecule has 1 aromatic carbocycles. The lowest BCUT2D eigenvalue weighted by atomic mass is 9.91. The number of carbonyl (C=O) groups is 3. The highest BCUT2D eigenvalue weighted by molar-refractivity contribution is 9.10. The van der Waals surface area contributed by atoms with Crippen molar-refractivity contribution in [1.29, 1.82) is 0 Å². The zero-order valence-corrected chi connectivity index (χ0v) is 19.5. The molecule has 1 fully saturated rings. The predicted molar refractivity (Wildman–Crippen MR) is 111 cm³/mol. The van der Waals surface area contributed by atoms with Gasteiger partial charge in [0.25, 0.3) is 0 Å². The Hall–Kier alpha value is -1.29. The molecule has 0 bridgehead atoms. The largest absolute Gasteiger partial charge is 0.463 e. The van der Waals surface area contributed by atoms with Crippen LogP contribution in [0.4, 0.5) is 0 Å². The monoisotopic (exact) mass is 508 g/mol. The molecule has 1 heterocycles. The Morgan fingerprint density at radius 3 is 2.28 bits per heavy atom. The van der Waals surface area contributed by atoms with E-state index >= 15 is 0 Å². The minimum atomic E-state index is -0.745. The van der Waals surface area contributed by atoms with Crippen molar-refractivity contribution in [3.05, 3.63) is 27.7 Å². The van der Waals surface area contributed by atoms with Crippen molar-refractivity contribution in [2.24, 2.45) is 5.92 Å². The fourth-order valence-electron chi connectivity index (χ4n) is 2.94. The molecule has 0 spiro atoms. The van der Waals surface area contributed by atoms with Gasteiger partial charge in [0.05, 0.1) is 5.02 Å². The fraction of sp³-hybridized carbons (Fsp3) is 0.526. The topological polar surface area (TPSA) is 88.1 Å². The molecule has 2 rings (SSSR count). The van der Waals surface area contributed by atoms with E-state index in [4.69, 9.17) is 30.5 Å². The Labute approximate surface area is 186 Å². The summed E-state index contributed by atoms with van der Waals surface area (Å²) in [5.74, 6) is -1.86. The molecule has 10 heteroatoms. The second-order valence-corrected chi connectivity index (χ2v) is 8.98. The van der Waals surface area contributed by atoms with Crippen LogP contribution in [0.15, 0.2) is 27.6 Å². The van der Waals surface area contributed by atoms with E-state index < -0.39 is 47.6 Å². The highest BCUT2D eigenvalue weighted by atomic mass is 79.9. The molecule has 29 heavy (non-hydrogen) atoms. The Balaban J connectivity index is 2.31. The number of rotatable bonds is 6. The SMILES string of the molecule is CC(=O)OCC1O[C@H](Sc2ccc(Cl)c(Br)c2)C(OC(C)=O)C(C)[C@H]1OC(C)=O. The molecule has 0 aliphatic carbocycles.